The normalized spacial score (nSPS) is 22.2. The van der Waals surface area contributed by atoms with Gasteiger partial charge in [-0.15, -0.1) is 0 Å². The van der Waals surface area contributed by atoms with Gasteiger partial charge in [0.2, 0.25) is 5.56 Å². The zero-order valence-corrected chi connectivity index (χ0v) is 14.0. The van der Waals surface area contributed by atoms with E-state index >= 15 is 0 Å². The first kappa shape index (κ1) is 15.7. The van der Waals surface area contributed by atoms with E-state index < -0.39 is 0 Å². The summed E-state index contributed by atoms with van der Waals surface area (Å²) in [5.74, 6) is 0. The number of hydrogen-bond donors (Lipinski definition) is 0. The standard InChI is InChI=1S/C17H28N4O/c1-14(2)20-7-9-21(10-8-20)16-12-19(13-16)11-15-5-4-6-17(22)18(15)3/h4-6,14,16H,7-13H2,1-3H3. The Hall–Kier alpha value is -1.17. The monoisotopic (exact) mass is 304 g/mol. The number of nitrogens with zero attached hydrogens (tertiary/aromatic N) is 4. The summed E-state index contributed by atoms with van der Waals surface area (Å²) in [7, 11) is 1.86. The van der Waals surface area contributed by atoms with Gasteiger partial charge in [0.15, 0.2) is 0 Å². The van der Waals surface area contributed by atoms with E-state index in [9.17, 15) is 4.79 Å². The summed E-state index contributed by atoms with van der Waals surface area (Å²) in [6, 6.07) is 6.90. The van der Waals surface area contributed by atoms with E-state index in [0.717, 1.165) is 25.3 Å². The van der Waals surface area contributed by atoms with E-state index in [0.29, 0.717) is 12.1 Å². The number of hydrogen-bond acceptors (Lipinski definition) is 4. The molecule has 0 spiro atoms. The van der Waals surface area contributed by atoms with Gasteiger partial charge in [0.25, 0.3) is 0 Å². The lowest BCUT2D eigenvalue weighted by Crippen LogP contribution is -2.63. The quantitative estimate of drug-likeness (QED) is 0.815. The molecular formula is C17H28N4O. The van der Waals surface area contributed by atoms with Crippen LogP contribution in [-0.4, -0.2) is 70.6 Å². The number of rotatable bonds is 4. The maximum atomic E-state index is 11.7. The second-order valence-corrected chi connectivity index (χ2v) is 6.93. The number of pyridine rings is 1. The fraction of sp³-hybridized carbons (Fsp3) is 0.706. The van der Waals surface area contributed by atoms with Crippen LogP contribution in [0.25, 0.3) is 0 Å². The van der Waals surface area contributed by atoms with Crippen molar-refractivity contribution < 1.29 is 0 Å². The van der Waals surface area contributed by atoms with Crippen molar-refractivity contribution in [3.05, 3.63) is 34.2 Å². The zero-order valence-electron chi connectivity index (χ0n) is 14.0. The molecule has 1 aromatic rings. The van der Waals surface area contributed by atoms with Crippen LogP contribution in [0.4, 0.5) is 0 Å². The van der Waals surface area contributed by atoms with Crippen molar-refractivity contribution in [3.63, 3.8) is 0 Å². The second-order valence-electron chi connectivity index (χ2n) is 6.93. The van der Waals surface area contributed by atoms with Crippen molar-refractivity contribution in [2.24, 2.45) is 7.05 Å². The van der Waals surface area contributed by atoms with Gasteiger partial charge in [-0.3, -0.25) is 19.5 Å². The summed E-state index contributed by atoms with van der Waals surface area (Å²) in [4.78, 5) is 19.3. The van der Waals surface area contributed by atoms with Crippen molar-refractivity contribution in [1.29, 1.82) is 0 Å². The molecule has 122 valence electrons. The summed E-state index contributed by atoms with van der Waals surface area (Å²) >= 11 is 0. The Labute approximate surface area is 133 Å². The van der Waals surface area contributed by atoms with Crippen LogP contribution in [0.15, 0.2) is 23.0 Å². The summed E-state index contributed by atoms with van der Waals surface area (Å²) in [5, 5.41) is 0. The highest BCUT2D eigenvalue weighted by atomic mass is 16.1. The van der Waals surface area contributed by atoms with Crippen molar-refractivity contribution in [1.82, 2.24) is 19.3 Å². The maximum Gasteiger partial charge on any atom is 0.250 e. The number of aromatic nitrogens is 1. The Morgan fingerprint density at radius 3 is 2.45 bits per heavy atom. The predicted octanol–water partition coefficient (Wildman–Crippen LogP) is 0.596. The largest absolute Gasteiger partial charge is 0.314 e. The molecule has 2 saturated heterocycles. The topological polar surface area (TPSA) is 31.7 Å². The van der Waals surface area contributed by atoms with Crippen molar-refractivity contribution in [3.8, 4) is 0 Å². The minimum Gasteiger partial charge on any atom is -0.314 e. The molecule has 2 aliphatic rings. The summed E-state index contributed by atoms with van der Waals surface area (Å²) in [5.41, 5.74) is 1.19. The van der Waals surface area contributed by atoms with Crippen LogP contribution in [0.2, 0.25) is 0 Å². The molecule has 0 radical (unpaired) electrons. The summed E-state index contributed by atoms with van der Waals surface area (Å²) in [6.45, 7) is 12.5. The Morgan fingerprint density at radius 2 is 1.82 bits per heavy atom. The molecule has 5 heteroatoms. The molecular weight excluding hydrogens is 276 g/mol. The van der Waals surface area contributed by atoms with E-state index in [1.807, 2.05) is 13.1 Å². The molecule has 5 nitrogen and oxygen atoms in total. The third kappa shape index (κ3) is 3.26. The van der Waals surface area contributed by atoms with Crippen LogP contribution >= 0.6 is 0 Å². The lowest BCUT2D eigenvalue weighted by Gasteiger charge is -2.48. The minimum absolute atomic E-state index is 0.0828. The fourth-order valence-electron chi connectivity index (χ4n) is 3.52. The van der Waals surface area contributed by atoms with Gasteiger partial charge in [-0.05, 0) is 19.9 Å². The highest BCUT2D eigenvalue weighted by molar-refractivity contribution is 5.07. The molecule has 2 fully saturated rings. The molecule has 1 aromatic heterocycles. The van der Waals surface area contributed by atoms with Gasteiger partial charge in [-0.25, -0.2) is 0 Å². The average Bonchev–Trinajstić information content (AvgIpc) is 2.47. The third-order valence-corrected chi connectivity index (χ3v) is 5.21. The lowest BCUT2D eigenvalue weighted by atomic mass is 10.1. The van der Waals surface area contributed by atoms with Gasteiger partial charge < -0.3 is 4.57 Å². The Balaban J connectivity index is 1.47. The zero-order chi connectivity index (χ0) is 15.7. The molecule has 0 atom stereocenters. The Morgan fingerprint density at radius 1 is 1.14 bits per heavy atom. The van der Waals surface area contributed by atoms with Crippen LogP contribution in [0.5, 0.6) is 0 Å². The average molecular weight is 304 g/mol. The maximum absolute atomic E-state index is 11.7. The Kier molecular flexibility index (Phi) is 4.66. The van der Waals surface area contributed by atoms with Gasteiger partial charge >= 0.3 is 0 Å². The van der Waals surface area contributed by atoms with E-state index in [-0.39, 0.29) is 5.56 Å². The van der Waals surface area contributed by atoms with Crippen LogP contribution in [0, 0.1) is 0 Å². The van der Waals surface area contributed by atoms with Crippen molar-refractivity contribution >= 4 is 0 Å². The van der Waals surface area contributed by atoms with Crippen LogP contribution in [0.1, 0.15) is 19.5 Å². The van der Waals surface area contributed by atoms with Crippen LogP contribution < -0.4 is 5.56 Å². The highest BCUT2D eigenvalue weighted by Crippen LogP contribution is 2.19. The molecule has 0 bridgehead atoms. The first-order valence-electron chi connectivity index (χ1n) is 8.40. The molecule has 0 N–H and O–H groups in total. The van der Waals surface area contributed by atoms with Crippen molar-refractivity contribution in [2.45, 2.75) is 32.5 Å². The van der Waals surface area contributed by atoms with Crippen LogP contribution in [-0.2, 0) is 13.6 Å². The SMILES string of the molecule is CC(C)N1CCN(C2CN(Cc3cccc(=O)n3C)C2)CC1. The molecule has 0 unspecified atom stereocenters. The molecule has 0 saturated carbocycles. The molecule has 0 aromatic carbocycles. The van der Waals surface area contributed by atoms with Gasteiger partial charge in [0.1, 0.15) is 0 Å². The predicted molar refractivity (Wildman–Crippen MR) is 89.0 cm³/mol. The summed E-state index contributed by atoms with van der Waals surface area (Å²) < 4.78 is 1.76. The Bertz CT molecular complexity index is 554. The van der Waals surface area contributed by atoms with Crippen molar-refractivity contribution in [2.75, 3.05) is 39.3 Å². The number of piperazine rings is 1. The third-order valence-electron chi connectivity index (χ3n) is 5.21. The first-order valence-corrected chi connectivity index (χ1v) is 8.40. The van der Waals surface area contributed by atoms with E-state index in [4.69, 9.17) is 0 Å². The lowest BCUT2D eigenvalue weighted by molar-refractivity contribution is -0.00502. The van der Waals surface area contributed by atoms with Gasteiger partial charge in [0.05, 0.1) is 0 Å². The van der Waals surface area contributed by atoms with E-state index in [1.165, 1.54) is 26.2 Å². The molecule has 0 aliphatic carbocycles. The molecule has 3 heterocycles. The molecule has 22 heavy (non-hydrogen) atoms. The van der Waals surface area contributed by atoms with Gasteiger partial charge in [0, 0.05) is 76.7 Å². The first-order chi connectivity index (χ1) is 10.5. The fourth-order valence-corrected chi connectivity index (χ4v) is 3.52. The summed E-state index contributed by atoms with van der Waals surface area (Å²) in [6.07, 6.45) is 0. The molecule has 2 aliphatic heterocycles. The second kappa shape index (κ2) is 6.52. The van der Waals surface area contributed by atoms with Gasteiger partial charge in [-0.1, -0.05) is 6.07 Å². The molecule has 3 rings (SSSR count). The van der Waals surface area contributed by atoms with E-state index in [1.54, 1.807) is 10.6 Å². The highest BCUT2D eigenvalue weighted by Gasteiger charge is 2.33. The number of likely N-dealkylation sites (tertiary alicyclic amines) is 1. The minimum atomic E-state index is 0.0828. The molecule has 0 amide bonds. The smallest absolute Gasteiger partial charge is 0.250 e. The van der Waals surface area contributed by atoms with Gasteiger partial charge in [-0.2, -0.15) is 0 Å². The van der Waals surface area contributed by atoms with Crippen LogP contribution in [0.3, 0.4) is 0 Å². The van der Waals surface area contributed by atoms with E-state index in [2.05, 4.69) is 34.6 Å².